The Balaban J connectivity index is 2.53. The minimum absolute atomic E-state index is 0.104. The van der Waals surface area contributed by atoms with Crippen molar-refractivity contribution in [3.8, 4) is 5.75 Å². The van der Waals surface area contributed by atoms with Gasteiger partial charge in [-0.05, 0) is 30.7 Å². The van der Waals surface area contributed by atoms with Crippen LogP contribution in [0, 0.1) is 0 Å². The summed E-state index contributed by atoms with van der Waals surface area (Å²) in [6.45, 7) is 3.68. The summed E-state index contributed by atoms with van der Waals surface area (Å²) in [4.78, 5) is 11.5. The third-order valence-electron chi connectivity index (χ3n) is 2.02. The maximum Gasteiger partial charge on any atom is 0.251 e. The first-order valence-corrected chi connectivity index (χ1v) is 5.49. The fraction of sp³-hybridized carbons (Fsp3) is 0.417. The van der Waals surface area contributed by atoms with Gasteiger partial charge in [-0.15, -0.1) is 0 Å². The molecule has 0 aromatic heterocycles. The Morgan fingerprint density at radius 1 is 1.38 bits per heavy atom. The monoisotopic (exact) mass is 222 g/mol. The lowest BCUT2D eigenvalue weighted by molar-refractivity contribution is 0.0954. The highest BCUT2D eigenvalue weighted by atomic mass is 16.5. The Bertz CT molecular complexity index is 322. The molecule has 16 heavy (non-hydrogen) atoms. The molecule has 1 amide bonds. The summed E-state index contributed by atoms with van der Waals surface area (Å²) in [5.74, 6) is 0.685. The van der Waals surface area contributed by atoms with Crippen LogP contribution in [0.5, 0.6) is 5.75 Å². The van der Waals surface area contributed by atoms with Crippen LogP contribution in [-0.4, -0.2) is 25.6 Å². The average Bonchev–Trinajstić information content (AvgIpc) is 2.34. The Hall–Kier alpha value is -1.55. The summed E-state index contributed by atoms with van der Waals surface area (Å²) in [5, 5.41) is 2.71. The lowest BCUT2D eigenvalue weighted by Gasteiger charge is -2.06. The predicted octanol–water partition coefficient (Wildman–Crippen LogP) is 1.16. The topological polar surface area (TPSA) is 64.3 Å². The van der Waals surface area contributed by atoms with Gasteiger partial charge < -0.3 is 15.8 Å². The van der Waals surface area contributed by atoms with E-state index in [1.54, 1.807) is 24.3 Å². The van der Waals surface area contributed by atoms with Gasteiger partial charge in [0.05, 0.1) is 6.61 Å². The predicted molar refractivity (Wildman–Crippen MR) is 63.6 cm³/mol. The Morgan fingerprint density at radius 2 is 2.06 bits per heavy atom. The normalized spacial score (nSPS) is 9.88. The summed E-state index contributed by atoms with van der Waals surface area (Å²) < 4.78 is 5.42. The molecule has 0 saturated carbocycles. The van der Waals surface area contributed by atoms with Crippen LogP contribution < -0.4 is 15.8 Å². The van der Waals surface area contributed by atoms with Crippen LogP contribution in [0.1, 0.15) is 23.7 Å². The average molecular weight is 222 g/mol. The van der Waals surface area contributed by atoms with Crippen molar-refractivity contribution in [2.45, 2.75) is 13.3 Å². The minimum atomic E-state index is -0.104. The van der Waals surface area contributed by atoms with E-state index in [1.165, 1.54) is 0 Å². The number of hydrogen-bond donors (Lipinski definition) is 2. The van der Waals surface area contributed by atoms with Gasteiger partial charge in [-0.2, -0.15) is 0 Å². The largest absolute Gasteiger partial charge is 0.494 e. The van der Waals surface area contributed by atoms with E-state index in [-0.39, 0.29) is 5.91 Å². The molecule has 4 heteroatoms. The van der Waals surface area contributed by atoms with Crippen molar-refractivity contribution in [2.24, 2.45) is 5.73 Å². The molecule has 0 aliphatic heterocycles. The number of nitrogens with one attached hydrogen (secondary N) is 1. The summed E-state index contributed by atoms with van der Waals surface area (Å²) >= 11 is 0. The first-order chi connectivity index (χ1) is 7.77. The SMILES string of the molecule is CCCOc1ccc(C(=O)NCCN)cc1. The Morgan fingerprint density at radius 3 is 2.62 bits per heavy atom. The van der Waals surface area contributed by atoms with Crippen molar-refractivity contribution in [3.05, 3.63) is 29.8 Å². The van der Waals surface area contributed by atoms with E-state index >= 15 is 0 Å². The standard InChI is InChI=1S/C12H18N2O2/c1-2-9-16-11-5-3-10(4-6-11)12(15)14-8-7-13/h3-6H,2,7-9,13H2,1H3,(H,14,15). The fourth-order valence-corrected chi connectivity index (χ4v) is 1.21. The van der Waals surface area contributed by atoms with Gasteiger partial charge >= 0.3 is 0 Å². The number of amides is 1. The van der Waals surface area contributed by atoms with E-state index < -0.39 is 0 Å². The molecular formula is C12H18N2O2. The van der Waals surface area contributed by atoms with Gasteiger partial charge in [-0.3, -0.25) is 4.79 Å². The molecule has 0 spiro atoms. The molecule has 0 heterocycles. The van der Waals surface area contributed by atoms with E-state index in [4.69, 9.17) is 10.5 Å². The van der Waals surface area contributed by atoms with Gasteiger partial charge in [0.1, 0.15) is 5.75 Å². The van der Waals surface area contributed by atoms with Crippen molar-refractivity contribution in [1.82, 2.24) is 5.32 Å². The molecule has 0 unspecified atom stereocenters. The maximum absolute atomic E-state index is 11.5. The highest BCUT2D eigenvalue weighted by molar-refractivity contribution is 5.94. The smallest absolute Gasteiger partial charge is 0.251 e. The van der Waals surface area contributed by atoms with Crippen LogP contribution in [0.15, 0.2) is 24.3 Å². The quantitative estimate of drug-likeness (QED) is 0.759. The molecule has 0 saturated heterocycles. The van der Waals surface area contributed by atoms with Gasteiger partial charge in [0.25, 0.3) is 5.91 Å². The van der Waals surface area contributed by atoms with Gasteiger partial charge in [-0.25, -0.2) is 0 Å². The van der Waals surface area contributed by atoms with Crippen LogP contribution in [0.25, 0.3) is 0 Å². The van der Waals surface area contributed by atoms with Crippen molar-refractivity contribution >= 4 is 5.91 Å². The molecule has 0 bridgehead atoms. The molecule has 4 nitrogen and oxygen atoms in total. The minimum Gasteiger partial charge on any atom is -0.494 e. The molecule has 1 rings (SSSR count). The molecule has 0 fully saturated rings. The van der Waals surface area contributed by atoms with Crippen molar-refractivity contribution < 1.29 is 9.53 Å². The molecular weight excluding hydrogens is 204 g/mol. The second kappa shape index (κ2) is 6.85. The first kappa shape index (κ1) is 12.5. The van der Waals surface area contributed by atoms with Gasteiger partial charge in [0.2, 0.25) is 0 Å². The Labute approximate surface area is 95.8 Å². The zero-order valence-corrected chi connectivity index (χ0v) is 9.53. The number of ether oxygens (including phenoxy) is 1. The molecule has 0 radical (unpaired) electrons. The Kier molecular flexibility index (Phi) is 5.36. The van der Waals surface area contributed by atoms with Gasteiger partial charge in [0, 0.05) is 18.7 Å². The zero-order chi connectivity index (χ0) is 11.8. The molecule has 0 atom stereocenters. The molecule has 0 aliphatic rings. The summed E-state index contributed by atoms with van der Waals surface area (Å²) in [6.07, 6.45) is 0.971. The van der Waals surface area contributed by atoms with E-state index in [2.05, 4.69) is 12.2 Å². The van der Waals surface area contributed by atoms with E-state index in [1.807, 2.05) is 0 Å². The number of nitrogens with two attached hydrogens (primary N) is 1. The first-order valence-electron chi connectivity index (χ1n) is 5.49. The summed E-state index contributed by atoms with van der Waals surface area (Å²) in [7, 11) is 0. The van der Waals surface area contributed by atoms with E-state index in [0.29, 0.717) is 25.3 Å². The zero-order valence-electron chi connectivity index (χ0n) is 9.53. The van der Waals surface area contributed by atoms with E-state index in [0.717, 1.165) is 12.2 Å². The van der Waals surface area contributed by atoms with Crippen LogP contribution in [0.4, 0.5) is 0 Å². The number of carbonyl (C=O) groups excluding carboxylic acids is 1. The van der Waals surface area contributed by atoms with Crippen LogP contribution in [-0.2, 0) is 0 Å². The third-order valence-corrected chi connectivity index (χ3v) is 2.02. The molecule has 88 valence electrons. The molecule has 1 aromatic rings. The van der Waals surface area contributed by atoms with Crippen LogP contribution in [0.3, 0.4) is 0 Å². The molecule has 3 N–H and O–H groups in total. The second-order valence-electron chi connectivity index (χ2n) is 3.42. The van der Waals surface area contributed by atoms with Gasteiger partial charge in [-0.1, -0.05) is 6.92 Å². The lowest BCUT2D eigenvalue weighted by atomic mass is 10.2. The summed E-state index contributed by atoms with van der Waals surface area (Å²) in [6, 6.07) is 7.09. The lowest BCUT2D eigenvalue weighted by Crippen LogP contribution is -2.28. The van der Waals surface area contributed by atoms with Crippen LogP contribution in [0.2, 0.25) is 0 Å². The number of benzene rings is 1. The third kappa shape index (κ3) is 3.90. The highest BCUT2D eigenvalue weighted by Gasteiger charge is 2.03. The van der Waals surface area contributed by atoms with Gasteiger partial charge in [0.15, 0.2) is 0 Å². The van der Waals surface area contributed by atoms with Crippen LogP contribution >= 0.6 is 0 Å². The molecule has 0 aliphatic carbocycles. The van der Waals surface area contributed by atoms with Crippen molar-refractivity contribution in [1.29, 1.82) is 0 Å². The maximum atomic E-state index is 11.5. The molecule has 1 aromatic carbocycles. The summed E-state index contributed by atoms with van der Waals surface area (Å²) in [5.41, 5.74) is 5.92. The fourth-order valence-electron chi connectivity index (χ4n) is 1.21. The number of rotatable bonds is 6. The van der Waals surface area contributed by atoms with Crippen molar-refractivity contribution in [2.75, 3.05) is 19.7 Å². The van der Waals surface area contributed by atoms with E-state index in [9.17, 15) is 4.79 Å². The number of carbonyl (C=O) groups is 1. The highest BCUT2D eigenvalue weighted by Crippen LogP contribution is 2.12. The van der Waals surface area contributed by atoms with Crippen molar-refractivity contribution in [3.63, 3.8) is 0 Å². The number of hydrogen-bond acceptors (Lipinski definition) is 3. The second-order valence-corrected chi connectivity index (χ2v) is 3.42.